The summed E-state index contributed by atoms with van der Waals surface area (Å²) in [4.78, 5) is 16.3. The van der Waals surface area contributed by atoms with Crippen LogP contribution >= 0.6 is 0 Å². The maximum Gasteiger partial charge on any atom is 0.0923 e. The van der Waals surface area contributed by atoms with E-state index >= 15 is 0 Å². The number of hydrogen-bond donors (Lipinski definition) is 1. The smallest absolute Gasteiger partial charge is 0.0923 e. The number of pyridine rings is 2. The van der Waals surface area contributed by atoms with Gasteiger partial charge in [-0.1, -0.05) is 13.8 Å². The second kappa shape index (κ2) is 7.92. The molecule has 1 N–H and O–H groups in total. The number of aryl methyl sites for hydroxylation is 2. The molecule has 3 aromatic rings. The first-order valence-corrected chi connectivity index (χ1v) is 12.7. The summed E-state index contributed by atoms with van der Waals surface area (Å²) in [6.45, 7) is 13.2. The fourth-order valence-electron chi connectivity index (χ4n) is 6.48. The summed E-state index contributed by atoms with van der Waals surface area (Å²) in [5.74, 6) is 0.979. The van der Waals surface area contributed by atoms with E-state index in [1.807, 2.05) is 0 Å². The Hall–Kier alpha value is -2.24. The molecule has 5 heteroatoms. The van der Waals surface area contributed by atoms with Crippen LogP contribution in [0.1, 0.15) is 74.0 Å². The van der Waals surface area contributed by atoms with Crippen molar-refractivity contribution in [2.24, 2.45) is 5.41 Å². The summed E-state index contributed by atoms with van der Waals surface area (Å²) in [5.41, 5.74) is 9.97. The number of aromatic amines is 1. The topological polar surface area (TPSA) is 54.0 Å². The average Bonchev–Trinajstić information content (AvgIpc) is 3.10. The van der Waals surface area contributed by atoms with Crippen LogP contribution in [0.3, 0.4) is 0 Å². The predicted octanol–water partition coefficient (Wildman–Crippen LogP) is 5.72. The lowest BCUT2D eigenvalue weighted by Gasteiger charge is -2.58. The van der Waals surface area contributed by atoms with E-state index in [0.29, 0.717) is 17.3 Å². The molecule has 0 bridgehead atoms. The predicted molar refractivity (Wildman–Crippen MR) is 133 cm³/mol. The van der Waals surface area contributed by atoms with Crippen molar-refractivity contribution in [2.45, 2.75) is 71.3 Å². The molecule has 1 aliphatic carbocycles. The average molecular weight is 445 g/mol. The minimum atomic E-state index is 0.398. The Morgan fingerprint density at radius 1 is 1.00 bits per heavy atom. The van der Waals surface area contributed by atoms with Crippen LogP contribution < -0.4 is 0 Å². The highest BCUT2D eigenvalue weighted by atomic mass is 16.5. The van der Waals surface area contributed by atoms with E-state index in [1.165, 1.54) is 61.3 Å². The van der Waals surface area contributed by atoms with E-state index in [1.54, 1.807) is 0 Å². The van der Waals surface area contributed by atoms with Crippen molar-refractivity contribution >= 4 is 11.0 Å². The Kier molecular flexibility index (Phi) is 5.11. The molecule has 5 heterocycles. The Labute approximate surface area is 197 Å². The molecule has 1 saturated carbocycles. The maximum absolute atomic E-state index is 5.45. The third kappa shape index (κ3) is 3.70. The van der Waals surface area contributed by atoms with Gasteiger partial charge in [0, 0.05) is 58.7 Å². The van der Waals surface area contributed by atoms with Gasteiger partial charge in [0.05, 0.1) is 29.9 Å². The van der Waals surface area contributed by atoms with Crippen LogP contribution in [-0.4, -0.2) is 52.2 Å². The van der Waals surface area contributed by atoms with Crippen LogP contribution in [-0.2, 0) is 4.74 Å². The third-order valence-electron chi connectivity index (χ3n) is 8.17. The van der Waals surface area contributed by atoms with E-state index in [-0.39, 0.29) is 0 Å². The zero-order valence-electron chi connectivity index (χ0n) is 20.4. The van der Waals surface area contributed by atoms with Crippen LogP contribution in [0.5, 0.6) is 0 Å². The molecule has 0 amide bonds. The van der Waals surface area contributed by atoms with Crippen LogP contribution in [0, 0.1) is 19.3 Å². The second-order valence-corrected chi connectivity index (χ2v) is 11.2. The fraction of sp³-hybridized carbons (Fsp3) is 0.571. The van der Waals surface area contributed by atoms with Crippen LogP contribution in [0.15, 0.2) is 24.3 Å². The Balaban J connectivity index is 1.24. The van der Waals surface area contributed by atoms with Gasteiger partial charge in [-0.15, -0.1) is 0 Å². The number of hydrogen-bond acceptors (Lipinski definition) is 4. The molecule has 1 spiro atoms. The minimum absolute atomic E-state index is 0.398. The molecule has 6 rings (SSSR count). The highest BCUT2D eigenvalue weighted by molar-refractivity contribution is 5.88. The molecule has 33 heavy (non-hydrogen) atoms. The summed E-state index contributed by atoms with van der Waals surface area (Å²) in [6.07, 6.45) is 5.10. The quantitative estimate of drug-likeness (QED) is 0.559. The molecule has 0 aromatic carbocycles. The number of H-pyrrole nitrogens is 1. The lowest BCUT2D eigenvalue weighted by molar-refractivity contribution is -0.200. The Morgan fingerprint density at radius 2 is 1.70 bits per heavy atom. The molecule has 0 radical (unpaired) electrons. The lowest BCUT2D eigenvalue weighted by Crippen LogP contribution is -2.68. The molecule has 3 aliphatic rings. The van der Waals surface area contributed by atoms with Crippen molar-refractivity contribution in [2.75, 3.05) is 26.3 Å². The highest BCUT2D eigenvalue weighted by Gasteiger charge is 2.50. The first kappa shape index (κ1) is 21.3. The SMILES string of the molecule is Cc1cc(-c2[nH]c3ccc(C4CCC(N5CC6(COC6)C5)CC4)nc3c2C(C)C)cc(C)n1. The zero-order valence-corrected chi connectivity index (χ0v) is 20.4. The summed E-state index contributed by atoms with van der Waals surface area (Å²) in [5, 5.41) is 0. The van der Waals surface area contributed by atoms with Gasteiger partial charge >= 0.3 is 0 Å². The molecule has 2 saturated heterocycles. The summed E-state index contributed by atoms with van der Waals surface area (Å²) in [7, 11) is 0. The van der Waals surface area contributed by atoms with Gasteiger partial charge in [0.15, 0.2) is 0 Å². The van der Waals surface area contributed by atoms with Gasteiger partial charge in [-0.2, -0.15) is 0 Å². The Bertz CT molecular complexity index is 1160. The summed E-state index contributed by atoms with van der Waals surface area (Å²) >= 11 is 0. The highest BCUT2D eigenvalue weighted by Crippen LogP contribution is 2.43. The second-order valence-electron chi connectivity index (χ2n) is 11.2. The standard InChI is InChI=1S/C28H36N4O/c1-17(2)25-26(21-11-18(3)29-19(4)12-21)31-24-10-9-23(30-27(24)25)20-5-7-22(8-6-20)32-13-28(14-32)15-33-16-28/h9-12,17,20,22,31H,5-8,13-16H2,1-4H3. The van der Waals surface area contributed by atoms with Crippen molar-refractivity contribution in [3.05, 3.63) is 46.9 Å². The van der Waals surface area contributed by atoms with Gasteiger partial charge < -0.3 is 9.72 Å². The number of nitrogens with one attached hydrogen (secondary N) is 1. The molecular formula is C28H36N4O. The first-order valence-electron chi connectivity index (χ1n) is 12.7. The number of fused-ring (bicyclic) bond motifs is 1. The van der Waals surface area contributed by atoms with Crippen molar-refractivity contribution in [3.8, 4) is 11.3 Å². The normalized spacial score (nSPS) is 24.9. The number of aromatic nitrogens is 3. The fourth-order valence-corrected chi connectivity index (χ4v) is 6.48. The van der Waals surface area contributed by atoms with Gasteiger partial charge in [-0.05, 0) is 69.7 Å². The number of rotatable bonds is 4. The lowest BCUT2D eigenvalue weighted by atomic mass is 9.74. The van der Waals surface area contributed by atoms with E-state index in [2.05, 4.69) is 66.8 Å². The molecular weight excluding hydrogens is 408 g/mol. The first-order chi connectivity index (χ1) is 15.9. The summed E-state index contributed by atoms with van der Waals surface area (Å²) in [6, 6.07) is 9.66. The van der Waals surface area contributed by atoms with Gasteiger partial charge in [0.2, 0.25) is 0 Å². The van der Waals surface area contributed by atoms with Crippen molar-refractivity contribution in [1.29, 1.82) is 0 Å². The van der Waals surface area contributed by atoms with Crippen molar-refractivity contribution in [3.63, 3.8) is 0 Å². The van der Waals surface area contributed by atoms with Crippen LogP contribution in [0.25, 0.3) is 22.3 Å². The van der Waals surface area contributed by atoms with E-state index in [4.69, 9.17) is 9.72 Å². The Morgan fingerprint density at radius 3 is 2.30 bits per heavy atom. The molecule has 0 atom stereocenters. The van der Waals surface area contributed by atoms with Gasteiger partial charge in [-0.25, -0.2) is 0 Å². The van der Waals surface area contributed by atoms with E-state index in [9.17, 15) is 0 Å². The maximum atomic E-state index is 5.45. The van der Waals surface area contributed by atoms with Crippen molar-refractivity contribution < 1.29 is 4.74 Å². The number of likely N-dealkylation sites (tertiary alicyclic amines) is 1. The minimum Gasteiger partial charge on any atom is -0.380 e. The number of nitrogens with zero attached hydrogens (tertiary/aromatic N) is 3. The van der Waals surface area contributed by atoms with Crippen LogP contribution in [0.4, 0.5) is 0 Å². The van der Waals surface area contributed by atoms with Gasteiger partial charge in [0.25, 0.3) is 0 Å². The monoisotopic (exact) mass is 444 g/mol. The van der Waals surface area contributed by atoms with Gasteiger partial charge in [-0.3, -0.25) is 14.9 Å². The zero-order chi connectivity index (χ0) is 22.7. The molecule has 5 nitrogen and oxygen atoms in total. The summed E-state index contributed by atoms with van der Waals surface area (Å²) < 4.78 is 5.45. The third-order valence-corrected chi connectivity index (χ3v) is 8.17. The largest absolute Gasteiger partial charge is 0.380 e. The molecule has 0 unspecified atom stereocenters. The van der Waals surface area contributed by atoms with E-state index in [0.717, 1.165) is 41.7 Å². The van der Waals surface area contributed by atoms with Gasteiger partial charge in [0.1, 0.15) is 0 Å². The van der Waals surface area contributed by atoms with E-state index < -0.39 is 0 Å². The molecule has 174 valence electrons. The molecule has 3 aromatic heterocycles. The van der Waals surface area contributed by atoms with Crippen molar-refractivity contribution in [1.82, 2.24) is 19.9 Å². The van der Waals surface area contributed by atoms with Crippen LogP contribution in [0.2, 0.25) is 0 Å². The molecule has 2 aliphatic heterocycles. The molecule has 3 fully saturated rings. The number of ether oxygens (including phenoxy) is 1.